The van der Waals surface area contributed by atoms with Crippen LogP contribution in [0.2, 0.25) is 0 Å². The van der Waals surface area contributed by atoms with Gasteiger partial charge >= 0.3 is 0 Å². The largest absolute Gasteiger partial charge is 0.381 e. The smallest absolute Gasteiger partial charge is 0.194 e. The van der Waals surface area contributed by atoms with E-state index in [1.165, 1.54) is 24.8 Å². The first-order valence-electron chi connectivity index (χ1n) is 10.4. The van der Waals surface area contributed by atoms with E-state index in [4.69, 9.17) is 14.5 Å². The lowest BCUT2D eigenvalue weighted by molar-refractivity contribution is -0.0829. The first-order chi connectivity index (χ1) is 13.2. The second-order valence-electron chi connectivity index (χ2n) is 7.79. The second kappa shape index (κ2) is 10.1. The molecule has 27 heavy (non-hydrogen) atoms. The molecule has 0 aliphatic carbocycles. The minimum Gasteiger partial charge on any atom is -0.381 e. The normalized spacial score (nSPS) is 21.3. The Balaban J connectivity index is 1.55. The third-order valence-electron chi connectivity index (χ3n) is 5.97. The number of aliphatic imine (C=N–C) groups is 1. The lowest BCUT2D eigenvalue weighted by Gasteiger charge is -2.37. The third kappa shape index (κ3) is 5.69. The van der Waals surface area contributed by atoms with E-state index in [-0.39, 0.29) is 5.60 Å². The standard InChI is InChI=1S/C22H35N3O2/c1-3-23-21(24-18-22(26-2)11-15-27-16-12-22)25-13-9-20(10-14-25)17-19-7-5-4-6-8-19/h4-8,20H,3,9-18H2,1-2H3,(H,23,24). The number of piperidine rings is 1. The molecule has 2 aliphatic heterocycles. The molecule has 1 aromatic carbocycles. The summed E-state index contributed by atoms with van der Waals surface area (Å²) >= 11 is 0. The fraction of sp³-hybridized carbons (Fsp3) is 0.682. The Morgan fingerprint density at radius 3 is 2.56 bits per heavy atom. The Labute approximate surface area is 164 Å². The summed E-state index contributed by atoms with van der Waals surface area (Å²) in [6, 6.07) is 10.9. The van der Waals surface area contributed by atoms with E-state index in [0.29, 0.717) is 6.54 Å². The zero-order chi connectivity index (χ0) is 19.0. The zero-order valence-corrected chi connectivity index (χ0v) is 17.0. The van der Waals surface area contributed by atoms with Crippen LogP contribution in [0.25, 0.3) is 0 Å². The van der Waals surface area contributed by atoms with Crippen LogP contribution < -0.4 is 5.32 Å². The van der Waals surface area contributed by atoms with E-state index < -0.39 is 0 Å². The highest BCUT2D eigenvalue weighted by atomic mass is 16.5. The van der Waals surface area contributed by atoms with Crippen LogP contribution in [0.4, 0.5) is 0 Å². The summed E-state index contributed by atoms with van der Waals surface area (Å²) in [7, 11) is 1.81. The van der Waals surface area contributed by atoms with Crippen molar-refractivity contribution in [3.63, 3.8) is 0 Å². The van der Waals surface area contributed by atoms with Gasteiger partial charge in [-0.15, -0.1) is 0 Å². The minimum atomic E-state index is -0.162. The minimum absolute atomic E-state index is 0.162. The van der Waals surface area contributed by atoms with Gasteiger partial charge < -0.3 is 19.7 Å². The van der Waals surface area contributed by atoms with Crippen molar-refractivity contribution in [2.24, 2.45) is 10.9 Å². The van der Waals surface area contributed by atoms with Crippen LogP contribution in [-0.4, -0.2) is 63.0 Å². The first-order valence-corrected chi connectivity index (χ1v) is 10.4. The van der Waals surface area contributed by atoms with Gasteiger partial charge in [-0.2, -0.15) is 0 Å². The number of likely N-dealkylation sites (tertiary alicyclic amines) is 1. The van der Waals surface area contributed by atoms with E-state index in [1.807, 2.05) is 7.11 Å². The summed E-state index contributed by atoms with van der Waals surface area (Å²) in [5.41, 5.74) is 1.29. The van der Waals surface area contributed by atoms with Crippen molar-refractivity contribution in [1.82, 2.24) is 10.2 Å². The average Bonchev–Trinajstić information content (AvgIpc) is 2.73. The maximum Gasteiger partial charge on any atom is 0.194 e. The monoisotopic (exact) mass is 373 g/mol. The highest BCUT2D eigenvalue weighted by Gasteiger charge is 2.33. The predicted octanol–water partition coefficient (Wildman–Crippen LogP) is 3.10. The van der Waals surface area contributed by atoms with Gasteiger partial charge in [0, 0.05) is 52.8 Å². The number of rotatable bonds is 6. The maximum atomic E-state index is 5.84. The van der Waals surface area contributed by atoms with Crippen LogP contribution in [0.3, 0.4) is 0 Å². The molecule has 0 spiro atoms. The predicted molar refractivity (Wildman–Crippen MR) is 110 cm³/mol. The summed E-state index contributed by atoms with van der Waals surface area (Å²) < 4.78 is 11.3. The first kappa shape index (κ1) is 20.2. The van der Waals surface area contributed by atoms with Crippen molar-refractivity contribution in [2.75, 3.05) is 46.5 Å². The second-order valence-corrected chi connectivity index (χ2v) is 7.79. The van der Waals surface area contributed by atoms with Crippen molar-refractivity contribution in [3.05, 3.63) is 35.9 Å². The summed E-state index contributed by atoms with van der Waals surface area (Å²) in [5.74, 6) is 1.81. The van der Waals surface area contributed by atoms with Crippen LogP contribution in [0, 0.1) is 5.92 Å². The molecule has 1 N–H and O–H groups in total. The maximum absolute atomic E-state index is 5.84. The third-order valence-corrected chi connectivity index (χ3v) is 5.97. The van der Waals surface area contributed by atoms with Crippen molar-refractivity contribution in [2.45, 2.75) is 44.6 Å². The van der Waals surface area contributed by atoms with Crippen LogP contribution in [-0.2, 0) is 15.9 Å². The molecule has 0 radical (unpaired) electrons. The summed E-state index contributed by atoms with van der Waals surface area (Å²) in [5, 5.41) is 3.49. The topological polar surface area (TPSA) is 46.1 Å². The average molecular weight is 374 g/mol. The highest BCUT2D eigenvalue weighted by Crippen LogP contribution is 2.25. The Bertz CT molecular complexity index is 576. The van der Waals surface area contributed by atoms with E-state index in [9.17, 15) is 0 Å². The number of guanidine groups is 1. The molecule has 0 unspecified atom stereocenters. The number of hydrogen-bond acceptors (Lipinski definition) is 3. The van der Waals surface area contributed by atoms with Crippen molar-refractivity contribution in [3.8, 4) is 0 Å². The van der Waals surface area contributed by atoms with Crippen molar-refractivity contribution in [1.29, 1.82) is 0 Å². The molecule has 5 heteroatoms. The molecule has 2 saturated heterocycles. The van der Waals surface area contributed by atoms with Gasteiger partial charge in [-0.05, 0) is 37.7 Å². The van der Waals surface area contributed by atoms with Crippen LogP contribution in [0.1, 0.15) is 38.2 Å². The van der Waals surface area contributed by atoms with Crippen LogP contribution >= 0.6 is 0 Å². The number of ether oxygens (including phenoxy) is 2. The number of benzene rings is 1. The quantitative estimate of drug-likeness (QED) is 0.615. The van der Waals surface area contributed by atoms with Gasteiger partial charge in [-0.25, -0.2) is 0 Å². The molecule has 2 heterocycles. The Hall–Kier alpha value is -1.59. The molecule has 0 aromatic heterocycles. The lowest BCUT2D eigenvalue weighted by atomic mass is 9.90. The van der Waals surface area contributed by atoms with Gasteiger partial charge in [-0.3, -0.25) is 4.99 Å². The van der Waals surface area contributed by atoms with Gasteiger partial charge in [0.1, 0.15) is 0 Å². The van der Waals surface area contributed by atoms with Gasteiger partial charge in [0.05, 0.1) is 12.1 Å². The Morgan fingerprint density at radius 2 is 1.93 bits per heavy atom. The molecule has 1 aromatic rings. The molecule has 5 nitrogen and oxygen atoms in total. The van der Waals surface area contributed by atoms with E-state index in [2.05, 4.69) is 47.5 Å². The summed E-state index contributed by atoms with van der Waals surface area (Å²) in [6.07, 6.45) is 5.48. The molecule has 0 atom stereocenters. The van der Waals surface area contributed by atoms with Gasteiger partial charge in [0.2, 0.25) is 0 Å². The lowest BCUT2D eigenvalue weighted by Crippen LogP contribution is -2.47. The van der Waals surface area contributed by atoms with Crippen molar-refractivity contribution >= 4 is 5.96 Å². The molecule has 0 saturated carbocycles. The SMILES string of the molecule is CCNC(=NCC1(OC)CCOCC1)N1CCC(Cc2ccccc2)CC1. The van der Waals surface area contributed by atoms with E-state index >= 15 is 0 Å². The summed E-state index contributed by atoms with van der Waals surface area (Å²) in [4.78, 5) is 7.39. The van der Waals surface area contributed by atoms with Gasteiger partial charge in [-0.1, -0.05) is 30.3 Å². The van der Waals surface area contributed by atoms with Crippen LogP contribution in [0.15, 0.2) is 35.3 Å². The molecule has 150 valence electrons. The Kier molecular flexibility index (Phi) is 7.53. The summed E-state index contributed by atoms with van der Waals surface area (Å²) in [6.45, 7) is 7.43. The van der Waals surface area contributed by atoms with Gasteiger partial charge in [0.15, 0.2) is 5.96 Å². The van der Waals surface area contributed by atoms with Gasteiger partial charge in [0.25, 0.3) is 0 Å². The molecule has 3 rings (SSSR count). The van der Waals surface area contributed by atoms with E-state index in [0.717, 1.165) is 57.6 Å². The highest BCUT2D eigenvalue weighted by molar-refractivity contribution is 5.80. The number of hydrogen-bond donors (Lipinski definition) is 1. The number of nitrogens with zero attached hydrogens (tertiary/aromatic N) is 2. The fourth-order valence-electron chi connectivity index (χ4n) is 4.11. The number of methoxy groups -OCH3 is 1. The van der Waals surface area contributed by atoms with Crippen LogP contribution in [0.5, 0.6) is 0 Å². The van der Waals surface area contributed by atoms with Crippen molar-refractivity contribution < 1.29 is 9.47 Å². The molecular formula is C22H35N3O2. The molecular weight excluding hydrogens is 338 g/mol. The number of nitrogens with one attached hydrogen (secondary N) is 1. The van der Waals surface area contributed by atoms with E-state index in [1.54, 1.807) is 0 Å². The molecule has 0 bridgehead atoms. The fourth-order valence-corrected chi connectivity index (χ4v) is 4.11. The molecule has 2 fully saturated rings. The Morgan fingerprint density at radius 1 is 1.22 bits per heavy atom. The molecule has 2 aliphatic rings. The molecule has 0 amide bonds. The zero-order valence-electron chi connectivity index (χ0n) is 17.0.